The van der Waals surface area contributed by atoms with Crippen LogP contribution in [-0.2, 0) is 17.1 Å². The molecule has 2 N–H and O–H groups in total. The topological polar surface area (TPSA) is 152 Å². The first kappa shape index (κ1) is 29.5. The van der Waals surface area contributed by atoms with Gasteiger partial charge in [0, 0.05) is 37.7 Å². The number of fused-ring (bicyclic) bond motifs is 1. The Bertz CT molecular complexity index is 1850. The third-order valence-corrected chi connectivity index (χ3v) is 8.12. The lowest BCUT2D eigenvalue weighted by molar-refractivity contribution is 0.0977. The minimum atomic E-state index is -3.83. The van der Waals surface area contributed by atoms with Gasteiger partial charge in [-0.15, -0.1) is 0 Å². The number of rotatable bonds is 7. The summed E-state index contributed by atoms with van der Waals surface area (Å²) in [5, 5.41) is 7.76. The molecule has 1 amide bonds. The highest BCUT2D eigenvalue weighted by Crippen LogP contribution is 2.32. The van der Waals surface area contributed by atoms with E-state index in [1.165, 1.54) is 6.07 Å². The summed E-state index contributed by atoms with van der Waals surface area (Å²) in [6.07, 6.45) is 2.55. The van der Waals surface area contributed by atoms with Crippen LogP contribution in [0.5, 0.6) is 0 Å². The first-order valence-corrected chi connectivity index (χ1v) is 15.7. The van der Waals surface area contributed by atoms with Crippen LogP contribution < -0.4 is 20.5 Å². The molecule has 1 aromatic carbocycles. The van der Waals surface area contributed by atoms with Gasteiger partial charge < -0.3 is 14.7 Å². The maximum atomic E-state index is 13.6. The fraction of sp³-hybridized carbons (Fsp3) is 0.393. The molecule has 1 aliphatic rings. The highest BCUT2D eigenvalue weighted by Gasteiger charge is 2.27. The molecule has 4 heterocycles. The van der Waals surface area contributed by atoms with E-state index in [1.54, 1.807) is 17.7 Å². The van der Waals surface area contributed by atoms with Gasteiger partial charge in [0.1, 0.15) is 10.9 Å². The van der Waals surface area contributed by atoms with E-state index < -0.39 is 22.0 Å². The van der Waals surface area contributed by atoms with Gasteiger partial charge in [-0.2, -0.15) is 0 Å². The number of sulfonamides is 1. The van der Waals surface area contributed by atoms with Gasteiger partial charge in [-0.3, -0.25) is 14.2 Å². The van der Waals surface area contributed by atoms with Crippen LogP contribution in [0, 0.1) is 13.8 Å². The van der Waals surface area contributed by atoms with Crippen molar-refractivity contribution in [2.24, 2.45) is 7.05 Å². The Hall–Kier alpha value is -3.97. The summed E-state index contributed by atoms with van der Waals surface area (Å²) in [7, 11) is -2.10. The zero-order chi connectivity index (χ0) is 30.3. The Labute approximate surface area is 248 Å². The number of anilines is 2. The first-order valence-electron chi connectivity index (χ1n) is 13.5. The summed E-state index contributed by atoms with van der Waals surface area (Å²) in [4.78, 5) is 37.5. The number of pyridine rings is 1. The zero-order valence-electron chi connectivity index (χ0n) is 23.9. The van der Waals surface area contributed by atoms with E-state index in [4.69, 9.17) is 21.1 Å². The quantitative estimate of drug-likeness (QED) is 0.294. The molecule has 3 aromatic heterocycles. The highest BCUT2D eigenvalue weighted by atomic mass is 35.5. The van der Waals surface area contributed by atoms with E-state index in [0.29, 0.717) is 29.9 Å². The average Bonchev–Trinajstić information content (AvgIpc) is 3.37. The van der Waals surface area contributed by atoms with Crippen molar-refractivity contribution in [3.63, 3.8) is 0 Å². The van der Waals surface area contributed by atoms with Gasteiger partial charge in [-0.25, -0.2) is 23.1 Å². The molecule has 14 heteroatoms. The summed E-state index contributed by atoms with van der Waals surface area (Å²) in [6, 6.07) is 8.33. The number of halogens is 1. The van der Waals surface area contributed by atoms with Gasteiger partial charge in [0.15, 0.2) is 5.69 Å². The zero-order valence-corrected chi connectivity index (χ0v) is 25.5. The minimum absolute atomic E-state index is 0.0323. The van der Waals surface area contributed by atoms with Gasteiger partial charge in [0.25, 0.3) is 11.5 Å². The number of carbonyl (C=O) groups is 1. The van der Waals surface area contributed by atoms with Crippen LogP contribution in [0.1, 0.15) is 64.8 Å². The maximum Gasteiger partial charge on any atom is 0.285 e. The van der Waals surface area contributed by atoms with Crippen LogP contribution in [-0.4, -0.2) is 53.4 Å². The third-order valence-electron chi connectivity index (χ3n) is 7.35. The average molecular weight is 614 g/mol. The van der Waals surface area contributed by atoms with E-state index in [-0.39, 0.29) is 28.0 Å². The lowest BCUT2D eigenvalue weighted by Gasteiger charge is -2.32. The number of aromatic nitrogens is 4. The van der Waals surface area contributed by atoms with Gasteiger partial charge in [-0.1, -0.05) is 22.8 Å². The predicted octanol–water partition coefficient (Wildman–Crippen LogP) is 3.83. The summed E-state index contributed by atoms with van der Waals surface area (Å²) in [6.45, 7) is 7.06. The Morgan fingerprint density at radius 3 is 2.50 bits per heavy atom. The Kier molecular flexibility index (Phi) is 7.99. The summed E-state index contributed by atoms with van der Waals surface area (Å²) in [5.74, 6) is 0.788. The van der Waals surface area contributed by atoms with Crippen LogP contribution in [0.4, 0.5) is 11.6 Å². The number of hydrogen-bond acceptors (Lipinski definition) is 10. The third kappa shape index (κ3) is 6.12. The summed E-state index contributed by atoms with van der Waals surface area (Å²) >= 11 is 6.02. The molecule has 0 aliphatic carbocycles. The van der Waals surface area contributed by atoms with Crippen molar-refractivity contribution < 1.29 is 17.7 Å². The molecule has 1 atom stereocenters. The fourth-order valence-corrected chi connectivity index (χ4v) is 5.93. The number of hydrogen-bond donors (Lipinski definition) is 2. The lowest BCUT2D eigenvalue weighted by atomic mass is 9.94. The molecular weight excluding hydrogens is 582 g/mol. The van der Waals surface area contributed by atoms with Gasteiger partial charge in [-0.05, 0) is 57.4 Å². The van der Waals surface area contributed by atoms with E-state index >= 15 is 0 Å². The number of aryl methyl sites for hydroxylation is 2. The number of amides is 1. The Morgan fingerprint density at radius 1 is 1.14 bits per heavy atom. The SMILES string of the molecule is Cc1cc([C@@H](C)Nc2ccc(Cl)nc2C(=O)NS(C)(=O)=O)c2nc(N3CCC(c4cc(C)no4)CC3)n(C)c(=O)c2c1. The van der Waals surface area contributed by atoms with Crippen molar-refractivity contribution in [2.75, 3.05) is 29.6 Å². The molecule has 222 valence electrons. The number of benzene rings is 1. The van der Waals surface area contributed by atoms with Gasteiger partial charge in [0.2, 0.25) is 16.0 Å². The highest BCUT2D eigenvalue weighted by molar-refractivity contribution is 7.89. The van der Waals surface area contributed by atoms with E-state index in [0.717, 1.165) is 41.7 Å². The molecule has 0 unspecified atom stereocenters. The van der Waals surface area contributed by atoms with Crippen molar-refractivity contribution >= 4 is 50.1 Å². The lowest BCUT2D eigenvalue weighted by Crippen LogP contribution is -2.37. The number of carbonyl (C=O) groups excluding carboxylic acids is 1. The van der Waals surface area contributed by atoms with E-state index in [2.05, 4.69) is 20.4 Å². The fourth-order valence-electron chi connectivity index (χ4n) is 5.35. The molecule has 1 saturated heterocycles. The van der Waals surface area contributed by atoms with Gasteiger partial charge in [0.05, 0.1) is 34.6 Å². The van der Waals surface area contributed by atoms with Crippen LogP contribution in [0.15, 0.2) is 39.6 Å². The van der Waals surface area contributed by atoms with Crippen molar-refractivity contribution in [1.29, 1.82) is 0 Å². The Morgan fingerprint density at radius 2 is 1.86 bits per heavy atom. The summed E-state index contributed by atoms with van der Waals surface area (Å²) < 4.78 is 32.4. The number of nitrogens with one attached hydrogen (secondary N) is 2. The second-order valence-electron chi connectivity index (χ2n) is 10.8. The Balaban J connectivity index is 1.49. The molecule has 4 aromatic rings. The van der Waals surface area contributed by atoms with Crippen molar-refractivity contribution in [2.45, 2.75) is 45.6 Å². The predicted molar refractivity (Wildman–Crippen MR) is 161 cm³/mol. The minimum Gasteiger partial charge on any atom is -0.377 e. The van der Waals surface area contributed by atoms with Gasteiger partial charge >= 0.3 is 0 Å². The molecular formula is C28H32ClN7O5S. The van der Waals surface area contributed by atoms with E-state index in [1.807, 2.05) is 43.7 Å². The monoisotopic (exact) mass is 613 g/mol. The van der Waals surface area contributed by atoms with Crippen LogP contribution in [0.25, 0.3) is 10.9 Å². The second kappa shape index (κ2) is 11.4. The molecule has 0 saturated carbocycles. The largest absolute Gasteiger partial charge is 0.377 e. The molecule has 0 spiro atoms. The molecule has 1 fully saturated rings. The number of nitrogens with zero attached hydrogens (tertiary/aromatic N) is 5. The molecule has 12 nitrogen and oxygen atoms in total. The summed E-state index contributed by atoms with van der Waals surface area (Å²) in [5.41, 5.74) is 2.93. The molecule has 42 heavy (non-hydrogen) atoms. The maximum absolute atomic E-state index is 13.6. The van der Waals surface area contributed by atoms with Crippen LogP contribution in [0.3, 0.4) is 0 Å². The number of piperidine rings is 1. The second-order valence-corrected chi connectivity index (χ2v) is 12.9. The van der Waals surface area contributed by atoms with Crippen molar-refractivity contribution in [3.8, 4) is 0 Å². The van der Waals surface area contributed by atoms with Crippen molar-refractivity contribution in [3.05, 3.63) is 74.1 Å². The van der Waals surface area contributed by atoms with Crippen LogP contribution in [0.2, 0.25) is 5.15 Å². The molecule has 5 rings (SSSR count). The molecule has 0 bridgehead atoms. The van der Waals surface area contributed by atoms with Crippen LogP contribution >= 0.6 is 11.6 Å². The normalized spacial score (nSPS) is 15.1. The smallest absolute Gasteiger partial charge is 0.285 e. The van der Waals surface area contributed by atoms with Crippen molar-refractivity contribution in [1.82, 2.24) is 24.4 Å². The molecule has 0 radical (unpaired) electrons. The standard InChI is InChI=1S/C28H32ClN7O5S/c1-15-12-19(17(3)30-21-6-7-23(29)31-25(21)26(37)34-42(5,39)40)24-20(13-15)27(38)35(4)28(32-24)36-10-8-18(9-11-36)22-14-16(2)33-41-22/h6-7,12-14,17-18,30H,8-11H2,1-5H3,(H,34,37)/t17-/m1/s1. The molecule has 1 aliphatic heterocycles. The van der Waals surface area contributed by atoms with E-state index in [9.17, 15) is 18.0 Å². The first-order chi connectivity index (χ1) is 19.8.